The predicted molar refractivity (Wildman–Crippen MR) is 268 cm³/mol. The molecule has 378 valence electrons. The first-order chi connectivity index (χ1) is 31.6. The van der Waals surface area contributed by atoms with Gasteiger partial charge >= 0.3 is 25.7 Å². The van der Waals surface area contributed by atoms with Crippen LogP contribution in [-0.4, -0.2) is 59.9 Å². The van der Waals surface area contributed by atoms with Gasteiger partial charge < -0.3 is 25.2 Å². The van der Waals surface area contributed by atoms with E-state index >= 15 is 0 Å². The Labute approximate surface area is 396 Å². The maximum atomic E-state index is 12.7. The molecule has 0 fully saturated rings. The fourth-order valence-electron chi connectivity index (χ4n) is 7.29. The molecule has 0 aromatic rings. The molecule has 0 aromatic heterocycles. The van der Waals surface area contributed by atoms with Crippen LogP contribution in [-0.2, 0) is 37.5 Å². The molecule has 65 heavy (non-hydrogen) atoms. The number of ether oxygens (including phenoxy) is 2. The maximum absolute atomic E-state index is 12.7. The van der Waals surface area contributed by atoms with E-state index in [0.717, 1.165) is 77.0 Å². The van der Waals surface area contributed by atoms with E-state index in [1.807, 2.05) is 0 Å². The van der Waals surface area contributed by atoms with E-state index in [9.17, 15) is 23.8 Å². The highest BCUT2D eigenvalue weighted by molar-refractivity contribution is 7.47. The van der Waals surface area contributed by atoms with Gasteiger partial charge in [0.1, 0.15) is 12.6 Å². The zero-order valence-corrected chi connectivity index (χ0v) is 42.2. The van der Waals surface area contributed by atoms with Crippen molar-refractivity contribution in [1.82, 2.24) is 0 Å². The number of nitrogens with two attached hydrogens (primary N) is 1. The van der Waals surface area contributed by atoms with Crippen LogP contribution in [0.15, 0.2) is 48.6 Å². The fraction of sp³-hybridized carbons (Fsp3) is 0.792. The van der Waals surface area contributed by atoms with Crippen molar-refractivity contribution in [3.8, 4) is 0 Å². The Balaban J connectivity index is 4.23. The average Bonchev–Trinajstić information content (AvgIpc) is 3.28. The van der Waals surface area contributed by atoms with Crippen molar-refractivity contribution in [3.05, 3.63) is 48.6 Å². The number of carbonyl (C=O) groups excluding carboxylic acids is 2. The second-order valence-corrected chi connectivity index (χ2v) is 19.1. The molecular formula is C53H96NO10P. The number of carboxylic acid groups (broad SMARTS) is 1. The first-order valence-electron chi connectivity index (χ1n) is 26.2. The van der Waals surface area contributed by atoms with Gasteiger partial charge in [0, 0.05) is 12.8 Å². The summed E-state index contributed by atoms with van der Waals surface area (Å²) in [4.78, 5) is 46.2. The number of phosphoric ester groups is 1. The van der Waals surface area contributed by atoms with Crippen molar-refractivity contribution < 1.29 is 47.5 Å². The van der Waals surface area contributed by atoms with Gasteiger partial charge in [0.05, 0.1) is 13.2 Å². The molecule has 0 saturated heterocycles. The van der Waals surface area contributed by atoms with E-state index in [4.69, 9.17) is 24.8 Å². The number of phosphoric acid groups is 1. The Bertz CT molecular complexity index is 1280. The number of aliphatic carboxylic acids is 1. The zero-order chi connectivity index (χ0) is 47.7. The molecule has 0 spiro atoms. The van der Waals surface area contributed by atoms with Gasteiger partial charge in [-0.15, -0.1) is 0 Å². The number of allylic oxidation sites excluding steroid dienone is 8. The van der Waals surface area contributed by atoms with Crippen molar-refractivity contribution in [2.75, 3.05) is 19.8 Å². The Morgan fingerprint density at radius 1 is 0.492 bits per heavy atom. The zero-order valence-electron chi connectivity index (χ0n) is 41.3. The molecule has 11 nitrogen and oxygen atoms in total. The summed E-state index contributed by atoms with van der Waals surface area (Å²) in [5.41, 5.74) is 5.36. The molecule has 0 heterocycles. The van der Waals surface area contributed by atoms with Crippen LogP contribution in [0.5, 0.6) is 0 Å². The van der Waals surface area contributed by atoms with Crippen molar-refractivity contribution in [3.63, 3.8) is 0 Å². The highest BCUT2D eigenvalue weighted by Gasteiger charge is 2.28. The molecule has 0 aliphatic rings. The molecule has 0 aliphatic heterocycles. The Morgan fingerprint density at radius 2 is 0.862 bits per heavy atom. The van der Waals surface area contributed by atoms with E-state index in [2.05, 4.69) is 67.0 Å². The number of carboxylic acids is 1. The second kappa shape index (κ2) is 47.9. The third kappa shape index (κ3) is 47.7. The lowest BCUT2D eigenvalue weighted by atomic mass is 10.0. The molecule has 0 radical (unpaired) electrons. The highest BCUT2D eigenvalue weighted by atomic mass is 31.2. The predicted octanol–water partition coefficient (Wildman–Crippen LogP) is 14.9. The SMILES string of the molecule is CC/C=C\C/C=C\C/C=C\C/C=C\CCCCCCCCCCC(=O)OC(COC(=O)CCCCCCCCCCCCCCCCCCCCCC)COP(=O)(O)OCC(N)C(=O)O. The summed E-state index contributed by atoms with van der Waals surface area (Å²) in [7, 11) is -4.72. The molecule has 4 N–H and O–H groups in total. The molecule has 0 aliphatic carbocycles. The van der Waals surface area contributed by atoms with Gasteiger partial charge in [-0.25, -0.2) is 4.57 Å². The van der Waals surface area contributed by atoms with E-state index in [0.29, 0.717) is 12.8 Å². The molecule has 0 saturated carbocycles. The molecule has 0 amide bonds. The minimum absolute atomic E-state index is 0.152. The maximum Gasteiger partial charge on any atom is 0.472 e. The lowest BCUT2D eigenvalue weighted by Crippen LogP contribution is -2.34. The lowest BCUT2D eigenvalue weighted by molar-refractivity contribution is -0.161. The topological polar surface area (TPSA) is 172 Å². The smallest absolute Gasteiger partial charge is 0.472 e. The van der Waals surface area contributed by atoms with Gasteiger partial charge in [-0.1, -0.05) is 223 Å². The summed E-state index contributed by atoms with van der Waals surface area (Å²) in [6, 6.07) is -1.52. The van der Waals surface area contributed by atoms with Gasteiger partial charge in [-0.2, -0.15) is 0 Å². The first-order valence-corrected chi connectivity index (χ1v) is 27.7. The third-order valence-corrected chi connectivity index (χ3v) is 12.3. The molecule has 3 atom stereocenters. The number of rotatable bonds is 49. The molecule has 0 rings (SSSR count). The minimum Gasteiger partial charge on any atom is -0.480 e. The van der Waals surface area contributed by atoms with Gasteiger partial charge in [-0.05, 0) is 51.4 Å². The summed E-state index contributed by atoms with van der Waals surface area (Å²) < 4.78 is 32.9. The fourth-order valence-corrected chi connectivity index (χ4v) is 8.07. The number of carbonyl (C=O) groups is 3. The van der Waals surface area contributed by atoms with E-state index < -0.39 is 51.1 Å². The molecule has 3 unspecified atom stereocenters. The average molecular weight is 938 g/mol. The van der Waals surface area contributed by atoms with E-state index in [1.165, 1.54) is 122 Å². The molecule has 12 heteroatoms. The van der Waals surface area contributed by atoms with Crippen LogP contribution < -0.4 is 5.73 Å². The van der Waals surface area contributed by atoms with Crippen molar-refractivity contribution in [2.45, 2.75) is 251 Å². The van der Waals surface area contributed by atoms with Crippen LogP contribution in [0.3, 0.4) is 0 Å². The Hall–Kier alpha value is -2.56. The van der Waals surface area contributed by atoms with Gasteiger partial charge in [0.25, 0.3) is 0 Å². The molecular weight excluding hydrogens is 842 g/mol. The summed E-state index contributed by atoms with van der Waals surface area (Å²) in [5.74, 6) is -2.38. The third-order valence-electron chi connectivity index (χ3n) is 11.3. The van der Waals surface area contributed by atoms with Crippen LogP contribution in [0.2, 0.25) is 0 Å². The molecule has 0 bridgehead atoms. The van der Waals surface area contributed by atoms with Crippen molar-refractivity contribution in [2.24, 2.45) is 5.73 Å². The van der Waals surface area contributed by atoms with Gasteiger partial charge in [-0.3, -0.25) is 23.4 Å². The normalized spacial score (nSPS) is 13.9. The number of hydrogen-bond donors (Lipinski definition) is 3. The second-order valence-electron chi connectivity index (χ2n) is 17.6. The number of unbranched alkanes of at least 4 members (excludes halogenated alkanes) is 27. The monoisotopic (exact) mass is 938 g/mol. The van der Waals surface area contributed by atoms with Crippen molar-refractivity contribution in [1.29, 1.82) is 0 Å². The van der Waals surface area contributed by atoms with Gasteiger partial charge in [0.2, 0.25) is 0 Å². The number of hydrogen-bond acceptors (Lipinski definition) is 9. The first kappa shape index (κ1) is 62.4. The molecule has 0 aromatic carbocycles. The highest BCUT2D eigenvalue weighted by Crippen LogP contribution is 2.43. The van der Waals surface area contributed by atoms with Crippen LogP contribution in [0, 0.1) is 0 Å². The Kier molecular flexibility index (Phi) is 46.0. The van der Waals surface area contributed by atoms with E-state index in [1.54, 1.807) is 0 Å². The largest absolute Gasteiger partial charge is 0.480 e. The van der Waals surface area contributed by atoms with Crippen molar-refractivity contribution >= 4 is 25.7 Å². The van der Waals surface area contributed by atoms with Crippen LogP contribution in [0.25, 0.3) is 0 Å². The van der Waals surface area contributed by atoms with Crippen LogP contribution in [0.4, 0.5) is 0 Å². The van der Waals surface area contributed by atoms with Crippen LogP contribution in [0.1, 0.15) is 239 Å². The summed E-state index contributed by atoms with van der Waals surface area (Å²) in [6.07, 6.45) is 56.0. The van der Waals surface area contributed by atoms with Gasteiger partial charge in [0.15, 0.2) is 6.10 Å². The summed E-state index contributed by atoms with van der Waals surface area (Å²) >= 11 is 0. The minimum atomic E-state index is -4.72. The summed E-state index contributed by atoms with van der Waals surface area (Å²) in [5, 5.41) is 8.93. The standard InChI is InChI=1S/C53H96NO10P/c1-3-5-7-9-11-13-15-17-19-21-23-25-27-29-31-33-35-37-39-41-43-45-52(56)64-49(47-62-65(59,60)63-48-50(54)53(57)58)46-61-51(55)44-42-40-38-36-34-32-30-28-26-24-22-20-18-16-14-12-10-8-6-4-2/h5,7,11,13,17,19,23,25,49-50H,3-4,6,8-10,12,14-16,18,20-22,24,26-48,54H2,1-2H3,(H,57,58)(H,59,60)/b7-5-,13-11-,19-17-,25-23-. The number of esters is 2. The van der Waals surface area contributed by atoms with E-state index in [-0.39, 0.29) is 19.4 Å². The van der Waals surface area contributed by atoms with Crippen LogP contribution >= 0.6 is 7.82 Å². The summed E-state index contributed by atoms with van der Waals surface area (Å²) in [6.45, 7) is 2.73. The quantitative estimate of drug-likeness (QED) is 0.0229. The Morgan fingerprint density at radius 3 is 1.29 bits per heavy atom. The lowest BCUT2D eigenvalue weighted by Gasteiger charge is -2.20.